The molecule has 0 aliphatic carbocycles. The number of ether oxygens (including phenoxy) is 2. The summed E-state index contributed by atoms with van der Waals surface area (Å²) in [5.41, 5.74) is 1.77. The molecule has 0 saturated carbocycles. The minimum absolute atomic E-state index is 0.522. The lowest BCUT2D eigenvalue weighted by molar-refractivity contribution is -0.380. The molecular formula is C13H12O4. The third kappa shape index (κ3) is 1.54. The van der Waals surface area contributed by atoms with Gasteiger partial charge in [-0.2, -0.15) is 0 Å². The average Bonchev–Trinajstić information content (AvgIpc) is 2.40. The molecule has 3 rings (SSSR count). The Hall–Kier alpha value is -1.46. The largest absolute Gasteiger partial charge is 0.352 e. The molecule has 1 aliphatic heterocycles. The Morgan fingerprint density at radius 2 is 1.71 bits per heavy atom. The fourth-order valence-corrected chi connectivity index (χ4v) is 2.32. The number of methoxy groups -OCH3 is 1. The predicted octanol–water partition coefficient (Wildman–Crippen LogP) is 3.00. The molecule has 0 radical (unpaired) electrons. The molecule has 0 saturated heterocycles. The normalized spacial score (nSPS) is 22.9. The van der Waals surface area contributed by atoms with Gasteiger partial charge in [-0.1, -0.05) is 36.4 Å². The highest BCUT2D eigenvalue weighted by Crippen LogP contribution is 2.41. The highest BCUT2D eigenvalue weighted by molar-refractivity contribution is 5.89. The Morgan fingerprint density at radius 3 is 2.29 bits per heavy atom. The summed E-state index contributed by atoms with van der Waals surface area (Å²) >= 11 is 0. The van der Waals surface area contributed by atoms with E-state index in [1.807, 2.05) is 36.4 Å². The van der Waals surface area contributed by atoms with Crippen molar-refractivity contribution in [3.05, 3.63) is 47.5 Å². The maximum absolute atomic E-state index is 8.90. The minimum atomic E-state index is -0.807. The summed E-state index contributed by atoms with van der Waals surface area (Å²) in [6.07, 6.45) is -1.33. The lowest BCUT2D eigenvalue weighted by Crippen LogP contribution is -2.19. The van der Waals surface area contributed by atoms with Crippen LogP contribution in [0.3, 0.4) is 0 Å². The van der Waals surface area contributed by atoms with Crippen LogP contribution < -0.4 is 0 Å². The predicted molar refractivity (Wildman–Crippen MR) is 61.2 cm³/mol. The van der Waals surface area contributed by atoms with Gasteiger partial charge in [-0.25, -0.2) is 10.1 Å². The van der Waals surface area contributed by atoms with Gasteiger partial charge in [0, 0.05) is 18.2 Å². The second-order valence-electron chi connectivity index (χ2n) is 3.93. The monoisotopic (exact) mass is 232 g/mol. The van der Waals surface area contributed by atoms with Crippen molar-refractivity contribution in [3.63, 3.8) is 0 Å². The summed E-state index contributed by atoms with van der Waals surface area (Å²) in [7, 11) is 1.56. The third-order valence-corrected chi connectivity index (χ3v) is 3.03. The molecule has 1 N–H and O–H groups in total. The highest BCUT2D eigenvalue weighted by Gasteiger charge is 2.29. The van der Waals surface area contributed by atoms with Gasteiger partial charge in [-0.15, -0.1) is 0 Å². The second-order valence-corrected chi connectivity index (χ2v) is 3.93. The van der Waals surface area contributed by atoms with Gasteiger partial charge in [-0.3, -0.25) is 0 Å². The molecule has 0 aromatic heterocycles. The molecule has 4 nitrogen and oxygen atoms in total. The topological polar surface area (TPSA) is 47.9 Å². The Balaban J connectivity index is 2.32. The van der Waals surface area contributed by atoms with Crippen LogP contribution in [0.1, 0.15) is 23.7 Å². The minimum Gasteiger partial charge on any atom is -0.352 e. The van der Waals surface area contributed by atoms with Crippen molar-refractivity contribution in [3.8, 4) is 0 Å². The van der Waals surface area contributed by atoms with Gasteiger partial charge >= 0.3 is 0 Å². The number of hydrogen-bond acceptors (Lipinski definition) is 4. The SMILES string of the molecule is COC1OC(OO)c2cccc3cccc1c23. The molecule has 0 fully saturated rings. The molecule has 2 aromatic rings. The van der Waals surface area contributed by atoms with Crippen LogP contribution in [0.25, 0.3) is 10.8 Å². The van der Waals surface area contributed by atoms with Gasteiger partial charge in [0.25, 0.3) is 0 Å². The van der Waals surface area contributed by atoms with E-state index in [2.05, 4.69) is 4.89 Å². The smallest absolute Gasteiger partial charge is 0.220 e. The van der Waals surface area contributed by atoms with Crippen molar-refractivity contribution in [2.24, 2.45) is 0 Å². The Morgan fingerprint density at radius 1 is 1.06 bits per heavy atom. The summed E-state index contributed by atoms with van der Waals surface area (Å²) in [5, 5.41) is 11.0. The first-order valence-electron chi connectivity index (χ1n) is 5.35. The van der Waals surface area contributed by atoms with Crippen molar-refractivity contribution in [2.75, 3.05) is 7.11 Å². The Kier molecular flexibility index (Phi) is 2.57. The van der Waals surface area contributed by atoms with Gasteiger partial charge in [0.1, 0.15) is 0 Å². The standard InChI is InChI=1S/C13H12O4/c1-15-12-9-6-2-4-8-5-3-7-10(11(8)9)13(16-12)17-14/h2-7,12-14H,1H3. The number of benzene rings is 2. The van der Waals surface area contributed by atoms with Crippen LogP contribution in [0, 0.1) is 0 Å². The lowest BCUT2D eigenvalue weighted by Gasteiger charge is -2.29. The molecule has 1 aliphatic rings. The molecule has 0 spiro atoms. The maximum atomic E-state index is 8.90. The first-order valence-corrected chi connectivity index (χ1v) is 5.35. The summed E-state index contributed by atoms with van der Waals surface area (Å²) in [6.45, 7) is 0. The first-order chi connectivity index (χ1) is 8.35. The summed E-state index contributed by atoms with van der Waals surface area (Å²) in [5.74, 6) is 0. The zero-order valence-corrected chi connectivity index (χ0v) is 9.29. The summed E-state index contributed by atoms with van der Waals surface area (Å²) in [4.78, 5) is 4.37. The van der Waals surface area contributed by atoms with Gasteiger partial charge in [0.15, 0.2) is 6.29 Å². The van der Waals surface area contributed by atoms with E-state index in [9.17, 15) is 0 Å². The van der Waals surface area contributed by atoms with Crippen molar-refractivity contribution >= 4 is 10.8 Å². The van der Waals surface area contributed by atoms with Crippen molar-refractivity contribution in [1.29, 1.82) is 0 Å². The van der Waals surface area contributed by atoms with Crippen LogP contribution in [0.5, 0.6) is 0 Å². The molecule has 88 valence electrons. The Bertz CT molecular complexity index is 507. The fourth-order valence-electron chi connectivity index (χ4n) is 2.32. The van der Waals surface area contributed by atoms with E-state index in [4.69, 9.17) is 14.7 Å². The van der Waals surface area contributed by atoms with Gasteiger partial charge < -0.3 is 9.47 Å². The summed E-state index contributed by atoms with van der Waals surface area (Å²) < 4.78 is 10.8. The molecule has 1 heterocycles. The second kappa shape index (κ2) is 4.09. The first kappa shape index (κ1) is 10.7. The molecular weight excluding hydrogens is 220 g/mol. The number of rotatable bonds is 2. The lowest BCUT2D eigenvalue weighted by atomic mass is 9.96. The van der Waals surface area contributed by atoms with E-state index in [0.29, 0.717) is 0 Å². The van der Waals surface area contributed by atoms with Crippen LogP contribution in [-0.2, 0) is 14.4 Å². The van der Waals surface area contributed by atoms with Crippen molar-refractivity contribution in [1.82, 2.24) is 0 Å². The van der Waals surface area contributed by atoms with Crippen LogP contribution in [-0.4, -0.2) is 12.4 Å². The number of hydrogen-bond donors (Lipinski definition) is 1. The third-order valence-electron chi connectivity index (χ3n) is 3.03. The molecule has 4 heteroatoms. The van der Waals surface area contributed by atoms with E-state index >= 15 is 0 Å². The van der Waals surface area contributed by atoms with Crippen molar-refractivity contribution < 1.29 is 19.6 Å². The van der Waals surface area contributed by atoms with Gasteiger partial charge in [0.2, 0.25) is 6.29 Å². The Labute approximate surface area is 98.3 Å². The molecule has 2 aromatic carbocycles. The van der Waals surface area contributed by atoms with Crippen LogP contribution >= 0.6 is 0 Å². The van der Waals surface area contributed by atoms with Crippen LogP contribution in [0.4, 0.5) is 0 Å². The molecule has 0 bridgehead atoms. The molecule has 2 atom stereocenters. The van der Waals surface area contributed by atoms with Crippen LogP contribution in [0.15, 0.2) is 36.4 Å². The zero-order chi connectivity index (χ0) is 11.8. The fraction of sp³-hybridized carbons (Fsp3) is 0.231. The molecule has 17 heavy (non-hydrogen) atoms. The highest BCUT2D eigenvalue weighted by atomic mass is 17.1. The quantitative estimate of drug-likeness (QED) is 0.638. The van der Waals surface area contributed by atoms with Gasteiger partial charge in [-0.05, 0) is 10.8 Å². The van der Waals surface area contributed by atoms with E-state index in [-0.39, 0.29) is 0 Å². The van der Waals surface area contributed by atoms with Crippen molar-refractivity contribution in [2.45, 2.75) is 12.6 Å². The maximum Gasteiger partial charge on any atom is 0.220 e. The van der Waals surface area contributed by atoms with Crippen LogP contribution in [0.2, 0.25) is 0 Å². The van der Waals surface area contributed by atoms with E-state index in [1.54, 1.807) is 7.11 Å². The molecule has 2 unspecified atom stereocenters. The van der Waals surface area contributed by atoms with E-state index in [0.717, 1.165) is 21.9 Å². The van der Waals surface area contributed by atoms with Gasteiger partial charge in [0.05, 0.1) is 0 Å². The zero-order valence-electron chi connectivity index (χ0n) is 9.29. The summed E-state index contributed by atoms with van der Waals surface area (Å²) in [6, 6.07) is 11.7. The van der Waals surface area contributed by atoms with E-state index in [1.165, 1.54) is 0 Å². The van der Waals surface area contributed by atoms with E-state index < -0.39 is 12.6 Å². The average molecular weight is 232 g/mol. The molecule has 0 amide bonds.